The van der Waals surface area contributed by atoms with E-state index in [1.807, 2.05) is 0 Å². The van der Waals surface area contributed by atoms with Crippen LogP contribution in [0.4, 0.5) is 0 Å². The molecule has 0 spiro atoms. The van der Waals surface area contributed by atoms with Gasteiger partial charge in [-0.15, -0.1) is 0 Å². The molecular weight excluding hydrogens is 372 g/mol. The van der Waals surface area contributed by atoms with E-state index in [0.29, 0.717) is 10.8 Å². The lowest BCUT2D eigenvalue weighted by molar-refractivity contribution is -0.176. The fourth-order valence-electron chi connectivity index (χ4n) is 8.67. The van der Waals surface area contributed by atoms with Crippen molar-refractivity contribution in [3.8, 4) is 0 Å². The summed E-state index contributed by atoms with van der Waals surface area (Å²) < 4.78 is 0. The monoisotopic (exact) mass is 420 g/mol. The Hall–Kier alpha value is -0.380. The third-order valence-corrected chi connectivity index (χ3v) is 10.3. The number of aliphatic hydroxyl groups excluding tert-OH is 1. The predicted octanol–water partition coefficient (Wildman–Crippen LogP) is 7.41. The van der Waals surface area contributed by atoms with E-state index < -0.39 is 0 Å². The molecule has 8 atom stereocenters. The Bertz CT molecular complexity index is 599. The Morgan fingerprint density at radius 1 is 0.967 bits per heavy atom. The number of allylic oxidation sites excluding steroid dienone is 1. The standard InChI is InChI=1S/C27H46O.H2O2/c1-18(2)7-6-8-19(3)23-11-12-24-22-10-9-20-17-21(28)13-15-26(20,4)25(22)14-16-27(23,24)5;1-2/h9,18-19,21-25,28H,6-8,10-17H2,1-5H3;1-2H/t19?,21-,22-,23+,24-,25-,26-,27+;/m0./s1. The first kappa shape index (κ1) is 24.3. The van der Waals surface area contributed by atoms with Crippen LogP contribution in [0.3, 0.4) is 0 Å². The lowest BCUT2D eigenvalue weighted by Crippen LogP contribution is -2.50. The minimum Gasteiger partial charge on any atom is -0.393 e. The predicted molar refractivity (Wildman–Crippen MR) is 124 cm³/mol. The van der Waals surface area contributed by atoms with Crippen molar-refractivity contribution in [2.45, 2.75) is 111 Å². The molecule has 3 nitrogen and oxygen atoms in total. The van der Waals surface area contributed by atoms with Crippen molar-refractivity contribution in [3.05, 3.63) is 11.6 Å². The zero-order chi connectivity index (χ0) is 22.1. The average Bonchev–Trinajstić information content (AvgIpc) is 3.07. The molecule has 0 aliphatic heterocycles. The number of hydrogen-bond acceptors (Lipinski definition) is 3. The summed E-state index contributed by atoms with van der Waals surface area (Å²) in [5, 5.41) is 22.2. The largest absolute Gasteiger partial charge is 0.393 e. The first-order valence-electron chi connectivity index (χ1n) is 12.8. The molecule has 4 aliphatic carbocycles. The van der Waals surface area contributed by atoms with Gasteiger partial charge in [0, 0.05) is 0 Å². The van der Waals surface area contributed by atoms with E-state index in [4.69, 9.17) is 10.5 Å². The van der Waals surface area contributed by atoms with Crippen LogP contribution in [-0.4, -0.2) is 21.7 Å². The summed E-state index contributed by atoms with van der Waals surface area (Å²) in [5.41, 5.74) is 2.60. The molecule has 0 aromatic carbocycles. The Morgan fingerprint density at radius 2 is 1.70 bits per heavy atom. The molecule has 0 saturated heterocycles. The third-order valence-electron chi connectivity index (χ3n) is 10.3. The van der Waals surface area contributed by atoms with E-state index in [9.17, 15) is 5.11 Å². The first-order valence-corrected chi connectivity index (χ1v) is 12.8. The van der Waals surface area contributed by atoms with Crippen molar-refractivity contribution >= 4 is 0 Å². The Balaban J connectivity index is 0.00000124. The van der Waals surface area contributed by atoms with Crippen molar-refractivity contribution in [1.29, 1.82) is 0 Å². The Labute approximate surface area is 185 Å². The number of fused-ring (bicyclic) bond motifs is 5. The van der Waals surface area contributed by atoms with Crippen LogP contribution in [0.15, 0.2) is 11.6 Å². The minimum atomic E-state index is -0.0766. The van der Waals surface area contributed by atoms with Crippen LogP contribution in [0, 0.1) is 46.3 Å². The van der Waals surface area contributed by atoms with E-state index in [1.165, 1.54) is 57.8 Å². The van der Waals surface area contributed by atoms with E-state index >= 15 is 0 Å². The number of hydrogen-bond donors (Lipinski definition) is 3. The molecule has 1 unspecified atom stereocenters. The molecule has 3 N–H and O–H groups in total. The molecule has 174 valence electrons. The van der Waals surface area contributed by atoms with Gasteiger partial charge < -0.3 is 5.11 Å². The smallest absolute Gasteiger partial charge is 0.0577 e. The molecule has 30 heavy (non-hydrogen) atoms. The highest BCUT2D eigenvalue weighted by atomic mass is 17.0. The van der Waals surface area contributed by atoms with Crippen molar-refractivity contribution in [2.24, 2.45) is 46.3 Å². The van der Waals surface area contributed by atoms with Crippen molar-refractivity contribution < 1.29 is 15.6 Å². The molecule has 0 aromatic heterocycles. The lowest BCUT2D eigenvalue weighted by Gasteiger charge is -2.58. The van der Waals surface area contributed by atoms with E-state index in [1.54, 1.807) is 5.57 Å². The summed E-state index contributed by atoms with van der Waals surface area (Å²) in [7, 11) is 0. The third kappa shape index (κ3) is 4.28. The summed E-state index contributed by atoms with van der Waals surface area (Å²) in [4.78, 5) is 0. The van der Waals surface area contributed by atoms with Crippen molar-refractivity contribution in [2.75, 3.05) is 0 Å². The second kappa shape index (κ2) is 9.63. The summed E-state index contributed by atoms with van der Waals surface area (Å²) in [6.07, 6.45) is 17.2. The second-order valence-corrected chi connectivity index (χ2v) is 12.2. The average molecular weight is 421 g/mol. The molecule has 3 saturated carbocycles. The highest BCUT2D eigenvalue weighted by molar-refractivity contribution is 5.25. The minimum absolute atomic E-state index is 0.0766. The van der Waals surface area contributed by atoms with Crippen LogP contribution >= 0.6 is 0 Å². The van der Waals surface area contributed by atoms with Crippen LogP contribution in [-0.2, 0) is 0 Å². The van der Waals surface area contributed by atoms with Crippen LogP contribution in [0.2, 0.25) is 0 Å². The maximum Gasteiger partial charge on any atom is 0.0577 e. The van der Waals surface area contributed by atoms with Crippen LogP contribution in [0.1, 0.15) is 105 Å². The zero-order valence-corrected chi connectivity index (χ0v) is 20.2. The van der Waals surface area contributed by atoms with Gasteiger partial charge in [0.1, 0.15) is 0 Å². The summed E-state index contributed by atoms with van der Waals surface area (Å²) in [6, 6.07) is 0. The van der Waals surface area contributed by atoms with Gasteiger partial charge in [-0.3, -0.25) is 10.5 Å². The molecule has 3 fully saturated rings. The van der Waals surface area contributed by atoms with Gasteiger partial charge in [-0.1, -0.05) is 65.5 Å². The quantitative estimate of drug-likeness (QED) is 0.246. The fraction of sp³-hybridized carbons (Fsp3) is 0.926. The topological polar surface area (TPSA) is 60.7 Å². The van der Waals surface area contributed by atoms with Gasteiger partial charge in [0.05, 0.1) is 6.10 Å². The first-order chi connectivity index (χ1) is 14.3. The van der Waals surface area contributed by atoms with Gasteiger partial charge in [-0.05, 0) is 97.7 Å². The van der Waals surface area contributed by atoms with Crippen LogP contribution in [0.25, 0.3) is 0 Å². The van der Waals surface area contributed by atoms with Gasteiger partial charge in [0.25, 0.3) is 0 Å². The molecule has 3 heteroatoms. The van der Waals surface area contributed by atoms with Crippen molar-refractivity contribution in [3.63, 3.8) is 0 Å². The molecule has 0 radical (unpaired) electrons. The fourth-order valence-corrected chi connectivity index (χ4v) is 8.67. The summed E-state index contributed by atoms with van der Waals surface area (Å²) in [6.45, 7) is 12.6. The molecule has 0 amide bonds. The summed E-state index contributed by atoms with van der Waals surface area (Å²) in [5.74, 6) is 5.46. The normalized spacial score (nSPS) is 43.6. The van der Waals surface area contributed by atoms with E-state index in [2.05, 4.69) is 40.7 Å². The van der Waals surface area contributed by atoms with Gasteiger partial charge in [0.15, 0.2) is 0 Å². The Kier molecular flexibility index (Phi) is 7.79. The highest BCUT2D eigenvalue weighted by Crippen LogP contribution is 2.67. The molecule has 0 aromatic rings. The molecule has 0 bridgehead atoms. The molecule has 4 aliphatic rings. The molecule has 0 heterocycles. The molecular formula is C27H48O3. The number of rotatable bonds is 5. The maximum absolute atomic E-state index is 10.2. The van der Waals surface area contributed by atoms with Gasteiger partial charge in [-0.25, -0.2) is 0 Å². The molecule has 4 rings (SSSR count). The van der Waals surface area contributed by atoms with Gasteiger partial charge in [0.2, 0.25) is 0 Å². The van der Waals surface area contributed by atoms with E-state index in [0.717, 1.165) is 48.3 Å². The highest BCUT2D eigenvalue weighted by Gasteiger charge is 2.59. The summed E-state index contributed by atoms with van der Waals surface area (Å²) >= 11 is 0. The maximum atomic E-state index is 10.2. The van der Waals surface area contributed by atoms with Gasteiger partial charge >= 0.3 is 0 Å². The van der Waals surface area contributed by atoms with Crippen molar-refractivity contribution in [1.82, 2.24) is 0 Å². The second-order valence-electron chi connectivity index (χ2n) is 12.2. The van der Waals surface area contributed by atoms with Crippen LogP contribution in [0.5, 0.6) is 0 Å². The van der Waals surface area contributed by atoms with E-state index in [-0.39, 0.29) is 6.10 Å². The zero-order valence-electron chi connectivity index (χ0n) is 20.2. The number of aliphatic hydroxyl groups is 1. The SMILES string of the molecule is CC(C)CCCC(C)[C@H]1CC[C@H]2[C@@H]3CC=C4C[C@@H](O)CC[C@]4(C)[C@H]3CC[C@]12C.OO. The lowest BCUT2D eigenvalue weighted by atomic mass is 9.47. The Morgan fingerprint density at radius 3 is 2.40 bits per heavy atom. The van der Waals surface area contributed by atoms with Gasteiger partial charge in [-0.2, -0.15) is 0 Å². The van der Waals surface area contributed by atoms with Crippen LogP contribution < -0.4 is 0 Å².